The smallest absolute Gasteiger partial charge is 0.161 e. The summed E-state index contributed by atoms with van der Waals surface area (Å²) in [5.41, 5.74) is 6.54. The van der Waals surface area contributed by atoms with Crippen LogP contribution in [0, 0.1) is 5.82 Å². The molecule has 2 rings (SSSR count). The van der Waals surface area contributed by atoms with Gasteiger partial charge >= 0.3 is 0 Å². The first-order chi connectivity index (χ1) is 8.09. The summed E-state index contributed by atoms with van der Waals surface area (Å²) in [6.45, 7) is 0. The summed E-state index contributed by atoms with van der Waals surface area (Å²) in [5, 5.41) is 3.21. The Balaban J connectivity index is 2.23. The van der Waals surface area contributed by atoms with E-state index in [-0.39, 0.29) is 10.8 Å². The van der Waals surface area contributed by atoms with E-state index in [0.29, 0.717) is 21.8 Å². The highest BCUT2D eigenvalue weighted by Gasteiger charge is 2.18. The van der Waals surface area contributed by atoms with Crippen LogP contribution in [0.4, 0.5) is 10.1 Å². The van der Waals surface area contributed by atoms with Gasteiger partial charge < -0.3 is 11.1 Å². The third-order valence-corrected chi connectivity index (χ3v) is 4.79. The van der Waals surface area contributed by atoms with Crippen molar-refractivity contribution in [2.75, 3.05) is 16.8 Å². The van der Waals surface area contributed by atoms with Crippen molar-refractivity contribution >= 4 is 50.6 Å². The molecular formula is C11H12BrFN2S2. The fraction of sp³-hybridized carbons (Fsp3) is 0.364. The second-order valence-corrected chi connectivity index (χ2v) is 6.24. The molecule has 0 bridgehead atoms. The summed E-state index contributed by atoms with van der Waals surface area (Å²) < 4.78 is 14.4. The molecule has 0 aliphatic carbocycles. The number of anilines is 1. The highest BCUT2D eigenvalue weighted by molar-refractivity contribution is 9.10. The Bertz CT molecular complexity index is 447. The number of nitrogens with one attached hydrogen (secondary N) is 1. The predicted octanol–water partition coefficient (Wildman–Crippen LogP) is 3.14. The zero-order chi connectivity index (χ0) is 12.4. The molecule has 0 radical (unpaired) electrons. The van der Waals surface area contributed by atoms with Gasteiger partial charge in [-0.25, -0.2) is 4.39 Å². The van der Waals surface area contributed by atoms with Crippen molar-refractivity contribution in [2.45, 2.75) is 12.5 Å². The summed E-state index contributed by atoms with van der Waals surface area (Å²) in [6.07, 6.45) is 1.07. The number of benzene rings is 1. The Kier molecular flexibility index (Phi) is 4.27. The lowest BCUT2D eigenvalue weighted by atomic mass is 10.1. The van der Waals surface area contributed by atoms with E-state index in [1.807, 2.05) is 11.8 Å². The van der Waals surface area contributed by atoms with Crippen molar-refractivity contribution in [1.29, 1.82) is 0 Å². The van der Waals surface area contributed by atoms with Gasteiger partial charge in [-0.1, -0.05) is 12.2 Å². The Morgan fingerprint density at radius 2 is 2.35 bits per heavy atom. The van der Waals surface area contributed by atoms with E-state index in [2.05, 4.69) is 21.2 Å². The second kappa shape index (κ2) is 5.54. The first-order valence-electron chi connectivity index (χ1n) is 5.21. The van der Waals surface area contributed by atoms with Gasteiger partial charge in [0, 0.05) is 17.4 Å². The van der Waals surface area contributed by atoms with Crippen LogP contribution in [-0.4, -0.2) is 22.5 Å². The van der Waals surface area contributed by atoms with Gasteiger partial charge in [0.25, 0.3) is 0 Å². The van der Waals surface area contributed by atoms with Crippen molar-refractivity contribution < 1.29 is 4.39 Å². The molecule has 2 nitrogen and oxygen atoms in total. The number of hydrogen-bond acceptors (Lipinski definition) is 3. The molecule has 1 aliphatic heterocycles. The molecule has 0 saturated carbocycles. The standard InChI is InChI=1S/C11H12BrFN2S2/c12-9-7(11(14)16)1-2-8(10(9)13)15-6-3-4-17-5-6/h1-2,6,15H,3-5H2,(H2,14,16). The van der Waals surface area contributed by atoms with Gasteiger partial charge in [0.1, 0.15) is 4.99 Å². The van der Waals surface area contributed by atoms with Crippen LogP contribution in [0.1, 0.15) is 12.0 Å². The molecule has 0 amide bonds. The van der Waals surface area contributed by atoms with Gasteiger partial charge in [-0.3, -0.25) is 0 Å². The molecule has 1 aliphatic rings. The number of halogens is 2. The molecular weight excluding hydrogens is 323 g/mol. The van der Waals surface area contributed by atoms with E-state index in [0.717, 1.165) is 17.9 Å². The van der Waals surface area contributed by atoms with Crippen LogP contribution in [-0.2, 0) is 0 Å². The number of thioether (sulfide) groups is 1. The Labute approximate surface area is 118 Å². The van der Waals surface area contributed by atoms with Crippen molar-refractivity contribution in [3.05, 3.63) is 28.0 Å². The molecule has 0 aromatic heterocycles. The van der Waals surface area contributed by atoms with Crippen LogP contribution in [0.5, 0.6) is 0 Å². The molecule has 1 atom stereocenters. The predicted molar refractivity (Wildman–Crippen MR) is 79.3 cm³/mol. The van der Waals surface area contributed by atoms with Gasteiger partial charge in [0.15, 0.2) is 5.82 Å². The van der Waals surface area contributed by atoms with Crippen LogP contribution in [0.2, 0.25) is 0 Å². The molecule has 1 fully saturated rings. The summed E-state index contributed by atoms with van der Waals surface area (Å²) in [5.74, 6) is 1.83. The second-order valence-electron chi connectivity index (χ2n) is 3.86. The highest BCUT2D eigenvalue weighted by Crippen LogP contribution is 2.29. The van der Waals surface area contributed by atoms with Crippen molar-refractivity contribution in [3.8, 4) is 0 Å². The lowest BCUT2D eigenvalue weighted by molar-refractivity contribution is 0.620. The average molecular weight is 335 g/mol. The minimum Gasteiger partial charge on any atom is -0.389 e. The zero-order valence-electron chi connectivity index (χ0n) is 9.00. The quantitative estimate of drug-likeness (QED) is 0.833. The Hall–Kier alpha value is -0.330. The fourth-order valence-electron chi connectivity index (χ4n) is 1.72. The van der Waals surface area contributed by atoms with E-state index in [1.54, 1.807) is 12.1 Å². The maximum absolute atomic E-state index is 14.0. The summed E-state index contributed by atoms with van der Waals surface area (Å²) >= 11 is 9.93. The highest BCUT2D eigenvalue weighted by atomic mass is 79.9. The van der Waals surface area contributed by atoms with Gasteiger partial charge in [-0.2, -0.15) is 11.8 Å². The Morgan fingerprint density at radius 1 is 1.59 bits per heavy atom. The minimum atomic E-state index is -0.327. The summed E-state index contributed by atoms with van der Waals surface area (Å²) in [4.78, 5) is 0.193. The van der Waals surface area contributed by atoms with E-state index < -0.39 is 0 Å². The lowest BCUT2D eigenvalue weighted by Crippen LogP contribution is -2.19. The SMILES string of the molecule is NC(=S)c1ccc(NC2CCSC2)c(F)c1Br. The molecule has 17 heavy (non-hydrogen) atoms. The normalized spacial score (nSPS) is 19.3. The number of rotatable bonds is 3. The maximum atomic E-state index is 14.0. The third kappa shape index (κ3) is 2.92. The minimum absolute atomic E-state index is 0.193. The largest absolute Gasteiger partial charge is 0.389 e. The first-order valence-corrected chi connectivity index (χ1v) is 7.57. The Morgan fingerprint density at radius 3 is 2.94 bits per heavy atom. The zero-order valence-corrected chi connectivity index (χ0v) is 12.2. The van der Waals surface area contributed by atoms with Crippen LogP contribution >= 0.6 is 39.9 Å². The van der Waals surface area contributed by atoms with Crippen molar-refractivity contribution in [3.63, 3.8) is 0 Å². The molecule has 3 N–H and O–H groups in total. The summed E-state index contributed by atoms with van der Waals surface area (Å²) in [7, 11) is 0. The molecule has 92 valence electrons. The van der Waals surface area contributed by atoms with Gasteiger partial charge in [0.05, 0.1) is 10.2 Å². The van der Waals surface area contributed by atoms with Crippen molar-refractivity contribution in [2.24, 2.45) is 5.73 Å². The molecule has 1 aromatic rings. The van der Waals surface area contributed by atoms with Gasteiger partial charge in [-0.15, -0.1) is 0 Å². The van der Waals surface area contributed by atoms with Crippen LogP contribution in [0.3, 0.4) is 0 Å². The van der Waals surface area contributed by atoms with E-state index in [4.69, 9.17) is 18.0 Å². The monoisotopic (exact) mass is 334 g/mol. The first kappa shape index (κ1) is 13.1. The van der Waals surface area contributed by atoms with Crippen LogP contribution in [0.15, 0.2) is 16.6 Å². The topological polar surface area (TPSA) is 38.0 Å². The molecule has 1 unspecified atom stereocenters. The van der Waals surface area contributed by atoms with E-state index in [1.165, 1.54) is 0 Å². The van der Waals surface area contributed by atoms with E-state index >= 15 is 0 Å². The van der Waals surface area contributed by atoms with Crippen molar-refractivity contribution in [1.82, 2.24) is 0 Å². The fourth-order valence-corrected chi connectivity index (χ4v) is 3.73. The number of thiocarbonyl (C=S) groups is 1. The molecule has 1 aromatic carbocycles. The molecule has 1 saturated heterocycles. The van der Waals surface area contributed by atoms with Gasteiger partial charge in [0.2, 0.25) is 0 Å². The lowest BCUT2D eigenvalue weighted by Gasteiger charge is -2.15. The summed E-state index contributed by atoms with van der Waals surface area (Å²) in [6, 6.07) is 3.77. The third-order valence-electron chi connectivity index (χ3n) is 2.64. The number of nitrogens with two attached hydrogens (primary N) is 1. The average Bonchev–Trinajstić information content (AvgIpc) is 2.77. The van der Waals surface area contributed by atoms with Crippen LogP contribution in [0.25, 0.3) is 0 Å². The molecule has 6 heteroatoms. The molecule has 0 spiro atoms. The molecule has 1 heterocycles. The maximum Gasteiger partial charge on any atom is 0.161 e. The van der Waals surface area contributed by atoms with E-state index in [9.17, 15) is 4.39 Å². The van der Waals surface area contributed by atoms with Gasteiger partial charge in [-0.05, 0) is 40.2 Å². The number of hydrogen-bond donors (Lipinski definition) is 2. The van der Waals surface area contributed by atoms with Crippen LogP contribution < -0.4 is 11.1 Å².